The van der Waals surface area contributed by atoms with Crippen LogP contribution in [0.2, 0.25) is 0 Å². The standard InChI is InChI=1S/C45H75O9P/c1-3-5-7-9-11-13-15-16-17-18-19-20-21-22-23-24-25-26-27-28-30-32-34-36-38-51-41-44(42-53-55(49,50)52-40-43(47)39-46)54-45(48)37-35-33-31-29-14-12-10-8-6-4-2/h5,7-8,10-11,13,16-17,19-20,22-23,25-26,28,30,43-44,46-47H,3-4,6,9,12,14-15,18,21,24,27,29,31-42H2,1-2H3,(H,49,50)/b7-5-,10-8-,13-11-,17-16-,20-19-,23-22-,26-25-,30-28-. The monoisotopic (exact) mass is 791 g/mol. The lowest BCUT2D eigenvalue weighted by atomic mass is 10.1. The van der Waals surface area contributed by atoms with Crippen LogP contribution in [0.3, 0.4) is 0 Å². The zero-order valence-electron chi connectivity index (χ0n) is 34.1. The number of phosphoric acid groups is 1. The largest absolute Gasteiger partial charge is 0.472 e. The lowest BCUT2D eigenvalue weighted by Crippen LogP contribution is -2.29. The minimum absolute atomic E-state index is 0.00900. The molecule has 55 heavy (non-hydrogen) atoms. The molecule has 0 fully saturated rings. The molecule has 0 aromatic carbocycles. The zero-order chi connectivity index (χ0) is 40.3. The molecule has 0 aliphatic heterocycles. The van der Waals surface area contributed by atoms with Gasteiger partial charge in [-0.3, -0.25) is 13.8 Å². The number of aliphatic hydroxyl groups is 2. The van der Waals surface area contributed by atoms with E-state index in [9.17, 15) is 19.4 Å². The number of unbranched alkanes of at least 4 members (excludes halogenated alkanes) is 8. The van der Waals surface area contributed by atoms with Gasteiger partial charge in [0.15, 0.2) is 0 Å². The van der Waals surface area contributed by atoms with Crippen LogP contribution < -0.4 is 0 Å². The summed E-state index contributed by atoms with van der Waals surface area (Å²) in [7, 11) is -4.53. The first-order valence-electron chi connectivity index (χ1n) is 20.7. The Morgan fingerprint density at radius 1 is 0.582 bits per heavy atom. The average molecular weight is 791 g/mol. The van der Waals surface area contributed by atoms with Crippen molar-refractivity contribution >= 4 is 13.8 Å². The molecule has 0 rings (SSSR count). The van der Waals surface area contributed by atoms with Gasteiger partial charge in [0.05, 0.1) is 26.4 Å². The second-order valence-corrected chi connectivity index (χ2v) is 14.7. The van der Waals surface area contributed by atoms with Crippen molar-refractivity contribution in [2.75, 3.05) is 33.0 Å². The molecule has 0 spiro atoms. The Labute approximate surface area is 334 Å². The second-order valence-electron chi connectivity index (χ2n) is 13.3. The zero-order valence-corrected chi connectivity index (χ0v) is 35.0. The first-order chi connectivity index (χ1) is 26.8. The minimum Gasteiger partial charge on any atom is -0.457 e. The summed E-state index contributed by atoms with van der Waals surface area (Å²) in [6, 6.07) is 0. The number of allylic oxidation sites excluding steroid dienone is 16. The molecule has 3 unspecified atom stereocenters. The Balaban J connectivity index is 4.26. The van der Waals surface area contributed by atoms with E-state index in [0.29, 0.717) is 13.0 Å². The molecular weight excluding hydrogens is 715 g/mol. The average Bonchev–Trinajstić information content (AvgIpc) is 3.18. The molecule has 0 saturated heterocycles. The lowest BCUT2D eigenvalue weighted by Gasteiger charge is -2.20. The molecule has 0 aromatic heterocycles. The van der Waals surface area contributed by atoms with E-state index in [2.05, 4.69) is 111 Å². The van der Waals surface area contributed by atoms with E-state index in [1.807, 2.05) is 0 Å². The molecule has 314 valence electrons. The molecule has 3 N–H and O–H groups in total. The summed E-state index contributed by atoms with van der Waals surface area (Å²) < 4.78 is 33.2. The molecule has 10 heteroatoms. The predicted molar refractivity (Wildman–Crippen MR) is 228 cm³/mol. The first kappa shape index (κ1) is 52.4. The van der Waals surface area contributed by atoms with Gasteiger partial charge >= 0.3 is 13.8 Å². The van der Waals surface area contributed by atoms with E-state index in [1.165, 1.54) is 6.42 Å². The molecule has 0 aromatic rings. The highest BCUT2D eigenvalue weighted by molar-refractivity contribution is 7.47. The maximum absolute atomic E-state index is 12.5. The molecule has 0 radical (unpaired) electrons. The van der Waals surface area contributed by atoms with Gasteiger partial charge in [-0.15, -0.1) is 0 Å². The molecule has 0 aliphatic carbocycles. The molecule has 0 bridgehead atoms. The third kappa shape index (κ3) is 40.8. The van der Waals surface area contributed by atoms with Gasteiger partial charge in [-0.25, -0.2) is 4.57 Å². The Bertz CT molecular complexity index is 1170. The Morgan fingerprint density at radius 3 is 1.58 bits per heavy atom. The molecule has 0 saturated carbocycles. The van der Waals surface area contributed by atoms with Gasteiger partial charge in [-0.1, -0.05) is 137 Å². The molecule has 9 nitrogen and oxygen atoms in total. The normalized spacial score (nSPS) is 15.1. The number of carbonyl (C=O) groups excluding carboxylic acids is 1. The van der Waals surface area contributed by atoms with Crippen molar-refractivity contribution in [3.05, 3.63) is 97.2 Å². The van der Waals surface area contributed by atoms with Gasteiger partial charge in [0, 0.05) is 13.0 Å². The second kappa shape index (κ2) is 41.0. The highest BCUT2D eigenvalue weighted by atomic mass is 31.2. The third-order valence-corrected chi connectivity index (χ3v) is 8.94. The van der Waals surface area contributed by atoms with Gasteiger partial charge in [0.2, 0.25) is 0 Å². The van der Waals surface area contributed by atoms with Crippen molar-refractivity contribution in [2.45, 2.75) is 148 Å². The topological polar surface area (TPSA) is 132 Å². The Kier molecular flexibility index (Phi) is 39.1. The number of hydrogen-bond acceptors (Lipinski definition) is 8. The van der Waals surface area contributed by atoms with Crippen molar-refractivity contribution in [3.8, 4) is 0 Å². The quantitative estimate of drug-likeness (QED) is 0.0242. The molecule has 0 heterocycles. The van der Waals surface area contributed by atoms with Crippen LogP contribution in [0.25, 0.3) is 0 Å². The first-order valence-corrected chi connectivity index (χ1v) is 22.2. The summed E-state index contributed by atoms with van der Waals surface area (Å²) in [6.45, 7) is 3.17. The predicted octanol–water partition coefficient (Wildman–Crippen LogP) is 11.3. The highest BCUT2D eigenvalue weighted by Gasteiger charge is 2.26. The Morgan fingerprint density at radius 2 is 1.04 bits per heavy atom. The van der Waals surface area contributed by atoms with Crippen molar-refractivity contribution < 1.29 is 43.0 Å². The number of hydrogen-bond donors (Lipinski definition) is 3. The number of esters is 1. The van der Waals surface area contributed by atoms with Gasteiger partial charge in [-0.05, 0) is 89.9 Å². The van der Waals surface area contributed by atoms with Crippen LogP contribution in [0.1, 0.15) is 136 Å². The van der Waals surface area contributed by atoms with Gasteiger partial charge in [0.1, 0.15) is 12.2 Å². The van der Waals surface area contributed by atoms with Crippen molar-refractivity contribution in [1.29, 1.82) is 0 Å². The maximum atomic E-state index is 12.5. The minimum atomic E-state index is -4.53. The number of rotatable bonds is 38. The summed E-state index contributed by atoms with van der Waals surface area (Å²) in [5.74, 6) is -0.416. The number of aliphatic hydroxyl groups excluding tert-OH is 2. The molecule has 0 amide bonds. The summed E-state index contributed by atoms with van der Waals surface area (Å²) in [5, 5.41) is 18.3. The van der Waals surface area contributed by atoms with Crippen LogP contribution in [0.4, 0.5) is 0 Å². The Hall–Kier alpha value is -2.62. The molecule has 3 atom stereocenters. The van der Waals surface area contributed by atoms with E-state index >= 15 is 0 Å². The number of carbonyl (C=O) groups is 1. The van der Waals surface area contributed by atoms with E-state index < -0.39 is 45.8 Å². The van der Waals surface area contributed by atoms with Crippen LogP contribution in [-0.4, -0.2) is 66.3 Å². The van der Waals surface area contributed by atoms with Gasteiger partial charge < -0.3 is 24.6 Å². The van der Waals surface area contributed by atoms with Crippen molar-refractivity contribution in [2.24, 2.45) is 0 Å². The van der Waals surface area contributed by atoms with Crippen LogP contribution in [-0.2, 0) is 27.9 Å². The van der Waals surface area contributed by atoms with E-state index in [4.69, 9.17) is 23.6 Å². The summed E-state index contributed by atoms with van der Waals surface area (Å²) in [6.07, 6.45) is 51.0. The SMILES string of the molecule is CC/C=C\C/C=C\C/C=C\C/C=C\C/C=C\C/C=C\C/C=C\CCCCOCC(COP(=O)(O)OCC(O)CO)OC(=O)CCCCCCC/C=C\CCC. The van der Waals surface area contributed by atoms with E-state index in [1.54, 1.807) is 0 Å². The van der Waals surface area contributed by atoms with E-state index in [-0.39, 0.29) is 13.0 Å². The van der Waals surface area contributed by atoms with Crippen LogP contribution in [0.15, 0.2) is 97.2 Å². The summed E-state index contributed by atoms with van der Waals surface area (Å²) >= 11 is 0. The van der Waals surface area contributed by atoms with Crippen molar-refractivity contribution in [3.63, 3.8) is 0 Å². The molecule has 0 aliphatic rings. The fourth-order valence-corrected chi connectivity index (χ4v) is 5.65. The summed E-state index contributed by atoms with van der Waals surface area (Å²) in [4.78, 5) is 22.5. The smallest absolute Gasteiger partial charge is 0.457 e. The number of ether oxygens (including phenoxy) is 2. The van der Waals surface area contributed by atoms with Crippen molar-refractivity contribution in [1.82, 2.24) is 0 Å². The van der Waals surface area contributed by atoms with Gasteiger partial charge in [0.25, 0.3) is 0 Å². The van der Waals surface area contributed by atoms with E-state index in [0.717, 1.165) is 103 Å². The van der Waals surface area contributed by atoms with Crippen LogP contribution in [0, 0.1) is 0 Å². The van der Waals surface area contributed by atoms with Crippen LogP contribution >= 0.6 is 7.82 Å². The van der Waals surface area contributed by atoms with Crippen LogP contribution in [0.5, 0.6) is 0 Å². The summed E-state index contributed by atoms with van der Waals surface area (Å²) in [5.41, 5.74) is 0. The fourth-order valence-electron chi connectivity index (χ4n) is 4.86. The lowest BCUT2D eigenvalue weighted by molar-refractivity contribution is -0.154. The molecular formula is C45H75O9P. The highest BCUT2D eigenvalue weighted by Crippen LogP contribution is 2.43. The fraction of sp³-hybridized carbons (Fsp3) is 0.622. The van der Waals surface area contributed by atoms with Gasteiger partial charge in [-0.2, -0.15) is 0 Å². The number of phosphoric ester groups is 1. The maximum Gasteiger partial charge on any atom is 0.472 e. The third-order valence-electron chi connectivity index (χ3n) is 7.98.